The molecule has 1 aliphatic carbocycles. The summed E-state index contributed by atoms with van der Waals surface area (Å²) in [5.41, 5.74) is 1.45. The van der Waals surface area contributed by atoms with E-state index in [4.69, 9.17) is 4.74 Å². The van der Waals surface area contributed by atoms with E-state index in [1.807, 2.05) is 55.5 Å². The van der Waals surface area contributed by atoms with Crippen molar-refractivity contribution < 1.29 is 9.84 Å². The van der Waals surface area contributed by atoms with Crippen LogP contribution in [0.2, 0.25) is 0 Å². The van der Waals surface area contributed by atoms with Crippen LogP contribution in [0.3, 0.4) is 0 Å². The molecule has 3 heteroatoms. The van der Waals surface area contributed by atoms with Crippen molar-refractivity contribution in [2.45, 2.75) is 38.5 Å². The molecule has 2 atom stereocenters. The molecular formula is C18H25NO2. The molecule has 21 heavy (non-hydrogen) atoms. The van der Waals surface area contributed by atoms with Gasteiger partial charge in [-0.15, -0.1) is 0 Å². The van der Waals surface area contributed by atoms with Gasteiger partial charge in [0.05, 0.1) is 0 Å². The number of hydrogen-bond donors (Lipinski definition) is 2. The third kappa shape index (κ3) is 3.82. The lowest BCUT2D eigenvalue weighted by Gasteiger charge is -2.37. The van der Waals surface area contributed by atoms with Gasteiger partial charge in [-0.2, -0.15) is 0 Å². The fraction of sp³-hybridized carbons (Fsp3) is 0.444. The maximum atomic E-state index is 10.6. The standard InChI is InChI=1S/C18H25NO2/c1-4-21-18(13-19-14(2)3)11-10-16(12-17(18)20)15-8-6-5-7-9-15/h5-12,14,17,19-20H,4,13H2,1-3H3. The van der Waals surface area contributed by atoms with Crippen LogP contribution in [0.4, 0.5) is 0 Å². The van der Waals surface area contributed by atoms with Crippen LogP contribution in [-0.2, 0) is 4.74 Å². The first kappa shape index (κ1) is 16.0. The predicted molar refractivity (Wildman–Crippen MR) is 87.1 cm³/mol. The zero-order chi connectivity index (χ0) is 15.3. The normalized spacial score (nSPS) is 25.2. The van der Waals surface area contributed by atoms with Crippen LogP contribution in [0.25, 0.3) is 5.57 Å². The van der Waals surface area contributed by atoms with Crippen LogP contribution >= 0.6 is 0 Å². The summed E-state index contributed by atoms with van der Waals surface area (Å²) in [5, 5.41) is 14.0. The molecule has 0 bridgehead atoms. The van der Waals surface area contributed by atoms with Crippen molar-refractivity contribution >= 4 is 5.57 Å². The number of nitrogens with one attached hydrogen (secondary N) is 1. The predicted octanol–water partition coefficient (Wildman–Crippen LogP) is 2.77. The second-order valence-electron chi connectivity index (χ2n) is 5.69. The lowest BCUT2D eigenvalue weighted by molar-refractivity contribution is -0.0693. The Labute approximate surface area is 127 Å². The van der Waals surface area contributed by atoms with Gasteiger partial charge in [0, 0.05) is 19.2 Å². The van der Waals surface area contributed by atoms with Gasteiger partial charge < -0.3 is 15.2 Å². The highest BCUT2D eigenvalue weighted by atomic mass is 16.5. The molecule has 1 aromatic rings. The molecule has 1 aromatic carbocycles. The van der Waals surface area contributed by atoms with Crippen molar-refractivity contribution in [3.63, 3.8) is 0 Å². The molecule has 0 aliphatic heterocycles. The van der Waals surface area contributed by atoms with Gasteiger partial charge in [-0.25, -0.2) is 0 Å². The van der Waals surface area contributed by atoms with E-state index in [-0.39, 0.29) is 0 Å². The maximum absolute atomic E-state index is 10.6. The summed E-state index contributed by atoms with van der Waals surface area (Å²) in [6.07, 6.45) is 5.25. The monoisotopic (exact) mass is 287 g/mol. The molecule has 0 amide bonds. The summed E-state index contributed by atoms with van der Waals surface area (Å²) >= 11 is 0. The zero-order valence-corrected chi connectivity index (χ0v) is 13.0. The number of aliphatic hydroxyl groups excluding tert-OH is 1. The van der Waals surface area contributed by atoms with Gasteiger partial charge in [0.1, 0.15) is 11.7 Å². The van der Waals surface area contributed by atoms with E-state index in [0.29, 0.717) is 19.2 Å². The first-order valence-electron chi connectivity index (χ1n) is 7.59. The quantitative estimate of drug-likeness (QED) is 0.845. The van der Waals surface area contributed by atoms with E-state index in [1.165, 1.54) is 0 Å². The number of hydrogen-bond acceptors (Lipinski definition) is 3. The minimum Gasteiger partial charge on any atom is -0.386 e. The summed E-state index contributed by atoms with van der Waals surface area (Å²) in [6, 6.07) is 10.4. The molecule has 0 fully saturated rings. The van der Waals surface area contributed by atoms with Crippen molar-refractivity contribution in [3.05, 3.63) is 54.1 Å². The number of allylic oxidation sites excluding steroid dienone is 2. The number of ether oxygens (including phenoxy) is 1. The summed E-state index contributed by atoms with van der Waals surface area (Å²) < 4.78 is 5.87. The van der Waals surface area contributed by atoms with Crippen LogP contribution in [0.1, 0.15) is 26.3 Å². The van der Waals surface area contributed by atoms with E-state index in [9.17, 15) is 5.11 Å². The lowest BCUT2D eigenvalue weighted by atomic mass is 9.86. The molecule has 0 saturated heterocycles. The third-order valence-corrected chi connectivity index (χ3v) is 3.69. The largest absolute Gasteiger partial charge is 0.386 e. The highest BCUT2D eigenvalue weighted by Gasteiger charge is 2.37. The Hall–Kier alpha value is -1.42. The molecule has 0 heterocycles. The Morgan fingerprint density at radius 1 is 1.29 bits per heavy atom. The van der Waals surface area contributed by atoms with E-state index in [0.717, 1.165) is 11.1 Å². The molecule has 3 nitrogen and oxygen atoms in total. The highest BCUT2D eigenvalue weighted by molar-refractivity contribution is 5.76. The average molecular weight is 287 g/mol. The van der Waals surface area contributed by atoms with Gasteiger partial charge in [-0.05, 0) is 30.2 Å². The maximum Gasteiger partial charge on any atom is 0.128 e. The zero-order valence-electron chi connectivity index (χ0n) is 13.0. The van der Waals surface area contributed by atoms with E-state index in [2.05, 4.69) is 19.2 Å². The molecule has 0 radical (unpaired) electrons. The first-order chi connectivity index (χ1) is 10.1. The molecule has 2 rings (SSSR count). The van der Waals surface area contributed by atoms with Gasteiger partial charge in [-0.3, -0.25) is 0 Å². The molecule has 1 aliphatic rings. The van der Waals surface area contributed by atoms with Crippen LogP contribution in [0, 0.1) is 0 Å². The summed E-state index contributed by atoms with van der Waals surface area (Å²) in [5.74, 6) is 0. The van der Waals surface area contributed by atoms with Crippen LogP contribution < -0.4 is 5.32 Å². The van der Waals surface area contributed by atoms with E-state index >= 15 is 0 Å². The highest BCUT2D eigenvalue weighted by Crippen LogP contribution is 2.29. The van der Waals surface area contributed by atoms with Gasteiger partial charge in [0.15, 0.2) is 0 Å². The number of aliphatic hydroxyl groups is 1. The number of benzene rings is 1. The molecule has 0 aromatic heterocycles. The number of rotatable bonds is 6. The Bertz CT molecular complexity index is 507. The Balaban J connectivity index is 2.20. The lowest BCUT2D eigenvalue weighted by Crippen LogP contribution is -2.52. The second-order valence-corrected chi connectivity index (χ2v) is 5.69. The van der Waals surface area contributed by atoms with E-state index < -0.39 is 11.7 Å². The Morgan fingerprint density at radius 2 is 2.00 bits per heavy atom. The average Bonchev–Trinajstić information content (AvgIpc) is 2.49. The Morgan fingerprint density at radius 3 is 2.57 bits per heavy atom. The fourth-order valence-corrected chi connectivity index (χ4v) is 2.50. The van der Waals surface area contributed by atoms with Gasteiger partial charge in [0.2, 0.25) is 0 Å². The van der Waals surface area contributed by atoms with Gasteiger partial charge >= 0.3 is 0 Å². The Kier molecular flexibility index (Phi) is 5.34. The topological polar surface area (TPSA) is 41.5 Å². The second kappa shape index (κ2) is 7.03. The smallest absolute Gasteiger partial charge is 0.128 e. The van der Waals surface area contributed by atoms with Gasteiger partial charge in [0.25, 0.3) is 0 Å². The van der Waals surface area contributed by atoms with Gasteiger partial charge in [-0.1, -0.05) is 50.3 Å². The molecule has 0 spiro atoms. The van der Waals surface area contributed by atoms with E-state index in [1.54, 1.807) is 0 Å². The fourth-order valence-electron chi connectivity index (χ4n) is 2.50. The summed E-state index contributed by atoms with van der Waals surface area (Å²) in [4.78, 5) is 0. The SMILES string of the molecule is CCOC1(CNC(C)C)C=CC(c2ccccc2)=CC1O. The minimum atomic E-state index is -0.683. The molecular weight excluding hydrogens is 262 g/mol. The van der Waals surface area contributed by atoms with Crippen LogP contribution in [0.15, 0.2) is 48.6 Å². The third-order valence-electron chi connectivity index (χ3n) is 3.69. The van der Waals surface area contributed by atoms with Crippen molar-refractivity contribution in [1.82, 2.24) is 5.32 Å². The van der Waals surface area contributed by atoms with Crippen molar-refractivity contribution in [3.8, 4) is 0 Å². The van der Waals surface area contributed by atoms with Crippen molar-refractivity contribution in [1.29, 1.82) is 0 Å². The molecule has 2 unspecified atom stereocenters. The molecule has 114 valence electrons. The minimum absolute atomic E-state index is 0.349. The molecule has 2 N–H and O–H groups in total. The van der Waals surface area contributed by atoms with Crippen LogP contribution in [0.5, 0.6) is 0 Å². The summed E-state index contributed by atoms with van der Waals surface area (Å²) in [6.45, 7) is 7.28. The first-order valence-corrected chi connectivity index (χ1v) is 7.59. The van der Waals surface area contributed by atoms with Crippen molar-refractivity contribution in [2.75, 3.05) is 13.2 Å². The molecule has 0 saturated carbocycles. The summed E-state index contributed by atoms with van der Waals surface area (Å²) in [7, 11) is 0. The van der Waals surface area contributed by atoms with Crippen LogP contribution in [-0.4, -0.2) is 36.0 Å². The van der Waals surface area contributed by atoms with Crippen molar-refractivity contribution in [2.24, 2.45) is 0 Å².